The molecule has 0 saturated carbocycles. The fourth-order valence-electron chi connectivity index (χ4n) is 2.25. The average Bonchev–Trinajstić information content (AvgIpc) is 2.73. The maximum Gasteiger partial charge on any atom is 0.185 e. The summed E-state index contributed by atoms with van der Waals surface area (Å²) in [6.45, 7) is 7.56. The van der Waals surface area contributed by atoms with Crippen molar-refractivity contribution in [2.45, 2.75) is 39.2 Å². The van der Waals surface area contributed by atoms with E-state index in [2.05, 4.69) is 34.4 Å². The molecule has 0 spiro atoms. The lowest BCUT2D eigenvalue weighted by molar-refractivity contribution is 0.438. The van der Waals surface area contributed by atoms with Crippen molar-refractivity contribution in [2.75, 3.05) is 24.5 Å². The maximum atomic E-state index is 4.61. The van der Waals surface area contributed by atoms with Crippen LogP contribution in [0.4, 0.5) is 5.13 Å². The summed E-state index contributed by atoms with van der Waals surface area (Å²) in [5, 5.41) is 6.82. The number of piperidine rings is 1. The number of nitrogens with zero attached hydrogens (tertiary/aromatic N) is 2. The van der Waals surface area contributed by atoms with E-state index in [1.54, 1.807) is 11.3 Å². The SMILES string of the molecule is CCNCC1CCCCN1c1nc(C)cs1. The first kappa shape index (κ1) is 11.9. The Bertz CT molecular complexity index is 324. The van der Waals surface area contributed by atoms with Gasteiger partial charge in [0.1, 0.15) is 0 Å². The molecule has 4 heteroatoms. The number of anilines is 1. The standard InChI is InChI=1S/C12H21N3S/c1-3-13-8-11-6-4-5-7-15(11)12-14-10(2)9-16-12/h9,11,13H,3-8H2,1-2H3. The minimum atomic E-state index is 0.638. The molecule has 16 heavy (non-hydrogen) atoms. The van der Waals surface area contributed by atoms with Gasteiger partial charge in [-0.05, 0) is 32.7 Å². The van der Waals surface area contributed by atoms with Crippen LogP contribution in [0, 0.1) is 6.92 Å². The van der Waals surface area contributed by atoms with Crippen LogP contribution in [0.25, 0.3) is 0 Å². The van der Waals surface area contributed by atoms with Crippen molar-refractivity contribution in [3.05, 3.63) is 11.1 Å². The van der Waals surface area contributed by atoms with Crippen LogP contribution in [-0.2, 0) is 0 Å². The third-order valence-electron chi connectivity index (χ3n) is 3.11. The number of hydrogen-bond acceptors (Lipinski definition) is 4. The van der Waals surface area contributed by atoms with Gasteiger partial charge in [-0.25, -0.2) is 4.98 Å². The normalized spacial score (nSPS) is 21.4. The Labute approximate surface area is 102 Å². The van der Waals surface area contributed by atoms with E-state index in [4.69, 9.17) is 0 Å². The fourth-order valence-corrected chi connectivity index (χ4v) is 3.15. The quantitative estimate of drug-likeness (QED) is 0.874. The predicted molar refractivity (Wildman–Crippen MR) is 70.4 cm³/mol. The van der Waals surface area contributed by atoms with Crippen molar-refractivity contribution in [1.29, 1.82) is 0 Å². The molecule has 1 unspecified atom stereocenters. The van der Waals surface area contributed by atoms with Crippen LogP contribution in [0.2, 0.25) is 0 Å². The summed E-state index contributed by atoms with van der Waals surface area (Å²) < 4.78 is 0. The second kappa shape index (κ2) is 5.64. The van der Waals surface area contributed by atoms with E-state index in [-0.39, 0.29) is 0 Å². The number of aromatic nitrogens is 1. The van der Waals surface area contributed by atoms with Crippen molar-refractivity contribution in [2.24, 2.45) is 0 Å². The summed E-state index contributed by atoms with van der Waals surface area (Å²) >= 11 is 1.78. The van der Waals surface area contributed by atoms with Crippen molar-refractivity contribution in [1.82, 2.24) is 10.3 Å². The van der Waals surface area contributed by atoms with Gasteiger partial charge in [0.2, 0.25) is 0 Å². The van der Waals surface area contributed by atoms with Gasteiger partial charge >= 0.3 is 0 Å². The van der Waals surface area contributed by atoms with E-state index in [0.29, 0.717) is 6.04 Å². The van der Waals surface area contributed by atoms with Gasteiger partial charge < -0.3 is 10.2 Å². The highest BCUT2D eigenvalue weighted by molar-refractivity contribution is 7.13. The van der Waals surface area contributed by atoms with Gasteiger partial charge in [0.25, 0.3) is 0 Å². The lowest BCUT2D eigenvalue weighted by atomic mass is 10.0. The highest BCUT2D eigenvalue weighted by Gasteiger charge is 2.23. The van der Waals surface area contributed by atoms with Gasteiger partial charge in [0.15, 0.2) is 5.13 Å². The zero-order valence-electron chi connectivity index (χ0n) is 10.2. The number of rotatable bonds is 4. The Morgan fingerprint density at radius 3 is 3.12 bits per heavy atom. The van der Waals surface area contributed by atoms with Crippen LogP contribution < -0.4 is 10.2 Å². The van der Waals surface area contributed by atoms with Crippen LogP contribution in [0.1, 0.15) is 31.9 Å². The summed E-state index contributed by atoms with van der Waals surface area (Å²) in [7, 11) is 0. The molecule has 1 aliphatic rings. The molecule has 0 bridgehead atoms. The van der Waals surface area contributed by atoms with E-state index in [1.165, 1.54) is 30.9 Å². The van der Waals surface area contributed by atoms with Gasteiger partial charge in [-0.3, -0.25) is 0 Å². The third-order valence-corrected chi connectivity index (χ3v) is 4.11. The van der Waals surface area contributed by atoms with E-state index >= 15 is 0 Å². The van der Waals surface area contributed by atoms with Crippen molar-refractivity contribution in [3.63, 3.8) is 0 Å². The molecule has 0 radical (unpaired) electrons. The molecule has 1 aromatic rings. The Morgan fingerprint density at radius 1 is 1.56 bits per heavy atom. The molecule has 2 rings (SSSR count). The predicted octanol–water partition coefficient (Wildman–Crippen LogP) is 2.42. The van der Waals surface area contributed by atoms with Crippen LogP contribution >= 0.6 is 11.3 Å². The minimum Gasteiger partial charge on any atom is -0.344 e. The van der Waals surface area contributed by atoms with Crippen molar-refractivity contribution >= 4 is 16.5 Å². The van der Waals surface area contributed by atoms with Gasteiger partial charge in [0.05, 0.1) is 5.69 Å². The molecule has 1 aromatic heterocycles. The number of nitrogens with one attached hydrogen (secondary N) is 1. The smallest absolute Gasteiger partial charge is 0.185 e. The summed E-state index contributed by atoms with van der Waals surface area (Å²) in [6, 6.07) is 0.638. The van der Waals surface area contributed by atoms with Crippen molar-refractivity contribution < 1.29 is 0 Å². The Kier molecular flexibility index (Phi) is 4.18. The second-order valence-corrected chi connectivity index (χ2v) is 5.26. The molecule has 1 atom stereocenters. The number of likely N-dealkylation sites (N-methyl/N-ethyl adjacent to an activating group) is 1. The van der Waals surface area contributed by atoms with Crippen LogP contribution in [0.5, 0.6) is 0 Å². The highest BCUT2D eigenvalue weighted by Crippen LogP contribution is 2.27. The zero-order chi connectivity index (χ0) is 11.4. The lowest BCUT2D eigenvalue weighted by Crippen LogP contribution is -2.45. The molecule has 3 nitrogen and oxygen atoms in total. The van der Waals surface area contributed by atoms with E-state index < -0.39 is 0 Å². The maximum absolute atomic E-state index is 4.61. The molecule has 1 N–H and O–H groups in total. The monoisotopic (exact) mass is 239 g/mol. The molecule has 1 saturated heterocycles. The molecule has 0 aromatic carbocycles. The summed E-state index contributed by atoms with van der Waals surface area (Å²) in [5.74, 6) is 0. The van der Waals surface area contributed by atoms with Crippen LogP contribution in [0.15, 0.2) is 5.38 Å². The Hall–Kier alpha value is -0.610. The molecule has 2 heterocycles. The lowest BCUT2D eigenvalue weighted by Gasteiger charge is -2.35. The first-order chi connectivity index (χ1) is 7.81. The van der Waals surface area contributed by atoms with Crippen LogP contribution in [-0.4, -0.2) is 30.7 Å². The van der Waals surface area contributed by atoms with Gasteiger partial charge in [-0.2, -0.15) is 0 Å². The molecular weight excluding hydrogens is 218 g/mol. The largest absolute Gasteiger partial charge is 0.344 e. The molecule has 0 aliphatic carbocycles. The minimum absolute atomic E-state index is 0.638. The molecular formula is C12H21N3S. The number of hydrogen-bond donors (Lipinski definition) is 1. The topological polar surface area (TPSA) is 28.2 Å². The van der Waals surface area contributed by atoms with Gasteiger partial charge in [0, 0.05) is 24.5 Å². The van der Waals surface area contributed by atoms with E-state index in [1.807, 2.05) is 0 Å². The van der Waals surface area contributed by atoms with Gasteiger partial charge in [-0.15, -0.1) is 11.3 Å². The molecule has 0 amide bonds. The highest BCUT2D eigenvalue weighted by atomic mass is 32.1. The fraction of sp³-hybridized carbons (Fsp3) is 0.750. The average molecular weight is 239 g/mol. The van der Waals surface area contributed by atoms with E-state index in [9.17, 15) is 0 Å². The zero-order valence-corrected chi connectivity index (χ0v) is 11.0. The number of aryl methyl sites for hydroxylation is 1. The Balaban J connectivity index is 2.04. The summed E-state index contributed by atoms with van der Waals surface area (Å²) in [5.41, 5.74) is 1.15. The second-order valence-electron chi connectivity index (χ2n) is 4.42. The molecule has 90 valence electrons. The van der Waals surface area contributed by atoms with Gasteiger partial charge in [-0.1, -0.05) is 6.92 Å². The molecule has 1 fully saturated rings. The first-order valence-corrected chi connectivity index (χ1v) is 7.08. The van der Waals surface area contributed by atoms with E-state index in [0.717, 1.165) is 18.8 Å². The van der Waals surface area contributed by atoms with Crippen molar-refractivity contribution in [3.8, 4) is 0 Å². The summed E-state index contributed by atoms with van der Waals surface area (Å²) in [6.07, 6.45) is 3.96. The summed E-state index contributed by atoms with van der Waals surface area (Å²) in [4.78, 5) is 7.10. The Morgan fingerprint density at radius 2 is 2.44 bits per heavy atom. The third kappa shape index (κ3) is 2.74. The number of thiazole rings is 1. The first-order valence-electron chi connectivity index (χ1n) is 6.20. The van der Waals surface area contributed by atoms with Crippen LogP contribution in [0.3, 0.4) is 0 Å². The molecule has 1 aliphatic heterocycles.